The Morgan fingerprint density at radius 3 is 1.60 bits per heavy atom. The number of rotatable bonds is 7. The van der Waals surface area contributed by atoms with Crippen LogP contribution < -0.4 is 30.5 Å². The van der Waals surface area contributed by atoms with Crippen LogP contribution in [0.25, 0.3) is 21.9 Å². The molecule has 1 heterocycles. The van der Waals surface area contributed by atoms with E-state index in [1.165, 1.54) is 54.0 Å². The van der Waals surface area contributed by atoms with Gasteiger partial charge in [-0.15, -0.1) is 0 Å². The summed E-state index contributed by atoms with van der Waals surface area (Å²) >= 11 is 0. The van der Waals surface area contributed by atoms with Crippen LogP contribution in [0.4, 0.5) is 34.1 Å². The molecular weight excluding hydrogens is 681 g/mol. The highest BCUT2D eigenvalue weighted by Crippen LogP contribution is 2.41. The van der Waals surface area contributed by atoms with E-state index in [-0.39, 0.29) is 0 Å². The Hall–Kier alpha value is -6.94. The number of fused-ring (bicyclic) bond motifs is 3. The van der Waals surface area contributed by atoms with Crippen LogP contribution in [0.1, 0.15) is 0 Å². The minimum atomic E-state index is -2.81. The summed E-state index contributed by atoms with van der Waals surface area (Å²) in [4.78, 5) is 4.84. The Kier molecular flexibility index (Phi) is 8.20. The van der Waals surface area contributed by atoms with Gasteiger partial charge >= 0.3 is 0 Å². The third-order valence-electron chi connectivity index (χ3n) is 11.1. The molecule has 1 aliphatic heterocycles. The van der Waals surface area contributed by atoms with E-state index in [0.29, 0.717) is 0 Å². The molecule has 10 rings (SSSR count). The molecule has 0 aliphatic carbocycles. The van der Waals surface area contributed by atoms with Crippen molar-refractivity contribution in [3.63, 3.8) is 0 Å². The number of anilines is 6. The molecule has 3 heteroatoms. The lowest BCUT2D eigenvalue weighted by molar-refractivity contribution is 1.29. The minimum absolute atomic E-state index is 1.12. The van der Waals surface area contributed by atoms with Crippen LogP contribution in [0.3, 0.4) is 0 Å². The highest BCUT2D eigenvalue weighted by molar-refractivity contribution is 7.21. The van der Waals surface area contributed by atoms with Gasteiger partial charge in [-0.2, -0.15) is 0 Å². The quantitative estimate of drug-likeness (QED) is 0.151. The van der Waals surface area contributed by atoms with Gasteiger partial charge in [-0.25, -0.2) is 0 Å². The smallest absolute Gasteiger partial charge is 0.184 e. The fraction of sp³-hybridized carbons (Fsp3) is 0. The second-order valence-corrected chi connectivity index (χ2v) is 17.9. The molecule has 9 aromatic carbocycles. The van der Waals surface area contributed by atoms with Crippen molar-refractivity contribution in [2.24, 2.45) is 0 Å². The molecule has 0 amide bonds. The molecule has 0 unspecified atom stereocenters. The third kappa shape index (κ3) is 5.48. The Balaban J connectivity index is 1.18. The van der Waals surface area contributed by atoms with E-state index < -0.39 is 8.07 Å². The molecule has 9 aromatic rings. The molecule has 0 bridgehead atoms. The number of nitrogens with zero attached hydrogens (tertiary/aromatic N) is 2. The predicted octanol–water partition coefficient (Wildman–Crippen LogP) is 11.1. The maximum Gasteiger partial charge on any atom is 0.184 e. The molecule has 0 radical (unpaired) electrons. The first kappa shape index (κ1) is 32.7. The molecule has 1 aliphatic rings. The Morgan fingerprint density at radius 1 is 0.364 bits per heavy atom. The number of hydrogen-bond donors (Lipinski definition) is 0. The lowest BCUT2D eigenvalue weighted by atomic mass is 10.0. The van der Waals surface area contributed by atoms with E-state index in [1.54, 1.807) is 0 Å². The van der Waals surface area contributed by atoms with Crippen molar-refractivity contribution in [1.82, 2.24) is 0 Å². The summed E-state index contributed by atoms with van der Waals surface area (Å²) in [5.74, 6) is 0. The maximum atomic E-state index is 2.50. The summed E-state index contributed by atoms with van der Waals surface area (Å²) in [5, 5.41) is 7.98. The molecule has 0 saturated heterocycles. The number of benzene rings is 9. The maximum absolute atomic E-state index is 2.81. The van der Waals surface area contributed by atoms with Crippen molar-refractivity contribution in [3.05, 3.63) is 231 Å². The van der Waals surface area contributed by atoms with Gasteiger partial charge < -0.3 is 9.80 Å². The van der Waals surface area contributed by atoms with Crippen LogP contribution in [-0.2, 0) is 0 Å². The molecule has 0 fully saturated rings. The summed E-state index contributed by atoms with van der Waals surface area (Å²) in [6, 6.07) is 84.6. The Bertz CT molecular complexity index is 2700. The minimum Gasteiger partial charge on any atom is -0.311 e. The van der Waals surface area contributed by atoms with Crippen LogP contribution in [-0.4, -0.2) is 8.07 Å². The SMILES string of the molecule is c1ccc(N2c3ccccc3[Si](c3ccccc3)(c3ccccc3)c3cc(-c4ccc(N(c5ccccc5)c5cccc6ccccc56)cc4)ccc32)cc1. The lowest BCUT2D eigenvalue weighted by Gasteiger charge is -2.45. The summed E-state index contributed by atoms with van der Waals surface area (Å²) < 4.78 is 0. The second-order valence-electron chi connectivity index (χ2n) is 14.1. The molecule has 0 aromatic heterocycles. The topological polar surface area (TPSA) is 6.48 Å². The fourth-order valence-electron chi connectivity index (χ4n) is 8.70. The van der Waals surface area contributed by atoms with Crippen molar-refractivity contribution in [3.8, 4) is 11.1 Å². The van der Waals surface area contributed by atoms with Gasteiger partial charge in [-0.3, -0.25) is 0 Å². The normalized spacial score (nSPS) is 12.8. The van der Waals surface area contributed by atoms with E-state index in [9.17, 15) is 0 Å². The van der Waals surface area contributed by atoms with Crippen LogP contribution in [0.15, 0.2) is 231 Å². The van der Waals surface area contributed by atoms with Gasteiger partial charge in [-0.1, -0.05) is 176 Å². The zero-order valence-electron chi connectivity index (χ0n) is 30.3. The molecule has 0 saturated carbocycles. The Morgan fingerprint density at radius 2 is 0.891 bits per heavy atom. The largest absolute Gasteiger partial charge is 0.311 e. The fourth-order valence-corrected chi connectivity index (χ4v) is 13.8. The molecular formula is C52H38N2Si. The zero-order valence-corrected chi connectivity index (χ0v) is 31.3. The van der Waals surface area contributed by atoms with Crippen molar-refractivity contribution in [1.29, 1.82) is 0 Å². The highest BCUT2D eigenvalue weighted by Gasteiger charge is 2.48. The van der Waals surface area contributed by atoms with Gasteiger partial charge in [0, 0.05) is 33.8 Å². The summed E-state index contributed by atoms with van der Waals surface area (Å²) in [6.07, 6.45) is 0. The Labute approximate surface area is 323 Å². The average molecular weight is 719 g/mol. The van der Waals surface area contributed by atoms with Crippen LogP contribution in [0.2, 0.25) is 0 Å². The van der Waals surface area contributed by atoms with E-state index in [2.05, 4.69) is 240 Å². The summed E-state index contributed by atoms with van der Waals surface area (Å²) in [6.45, 7) is 0. The van der Waals surface area contributed by atoms with Gasteiger partial charge in [0.15, 0.2) is 8.07 Å². The first-order valence-corrected chi connectivity index (χ1v) is 20.9. The number of para-hydroxylation sites is 3. The van der Waals surface area contributed by atoms with Crippen molar-refractivity contribution in [2.75, 3.05) is 9.80 Å². The molecule has 0 spiro atoms. The summed E-state index contributed by atoms with van der Waals surface area (Å²) in [5.41, 5.74) is 9.43. The van der Waals surface area contributed by atoms with Gasteiger partial charge in [0.05, 0.1) is 5.69 Å². The predicted molar refractivity (Wildman–Crippen MR) is 236 cm³/mol. The van der Waals surface area contributed by atoms with E-state index >= 15 is 0 Å². The average Bonchev–Trinajstić information content (AvgIpc) is 3.27. The molecule has 55 heavy (non-hydrogen) atoms. The van der Waals surface area contributed by atoms with Gasteiger partial charge in [0.1, 0.15) is 0 Å². The molecule has 0 atom stereocenters. The van der Waals surface area contributed by atoms with E-state index in [4.69, 9.17) is 0 Å². The monoisotopic (exact) mass is 718 g/mol. The standard InChI is InChI=1S/C52H38N2Si/c1-5-20-42(21-6-1)53(48-30-17-19-40-18-13-14-28-47(40)48)44-35-32-39(33-36-44)41-34-37-50-52(38-41)55(45-24-9-3-10-25-45,46-26-11-4-12-27-46)51-31-16-15-29-49(51)54(50)43-22-7-2-8-23-43/h1-38H. The number of hydrogen-bond acceptors (Lipinski definition) is 2. The molecule has 260 valence electrons. The van der Waals surface area contributed by atoms with Crippen molar-refractivity contribution >= 4 is 73.7 Å². The van der Waals surface area contributed by atoms with Crippen molar-refractivity contribution < 1.29 is 0 Å². The zero-order chi connectivity index (χ0) is 36.6. The van der Waals surface area contributed by atoms with Crippen molar-refractivity contribution in [2.45, 2.75) is 0 Å². The van der Waals surface area contributed by atoms with Gasteiger partial charge in [0.25, 0.3) is 0 Å². The van der Waals surface area contributed by atoms with E-state index in [1.807, 2.05) is 0 Å². The first-order chi connectivity index (χ1) is 27.3. The molecule has 2 nitrogen and oxygen atoms in total. The van der Waals surface area contributed by atoms with Crippen LogP contribution >= 0.6 is 0 Å². The first-order valence-electron chi connectivity index (χ1n) is 18.9. The third-order valence-corrected chi connectivity index (χ3v) is 15.9. The van der Waals surface area contributed by atoms with Crippen LogP contribution in [0.5, 0.6) is 0 Å². The lowest BCUT2D eigenvalue weighted by Crippen LogP contribution is -2.77. The molecule has 0 N–H and O–H groups in total. The van der Waals surface area contributed by atoms with Gasteiger partial charge in [-0.05, 0) is 91.9 Å². The summed E-state index contributed by atoms with van der Waals surface area (Å²) in [7, 11) is -2.81. The van der Waals surface area contributed by atoms with E-state index in [0.717, 1.165) is 22.7 Å². The second kappa shape index (κ2) is 13.8. The highest BCUT2D eigenvalue weighted by atomic mass is 28.3. The van der Waals surface area contributed by atoms with Crippen LogP contribution in [0, 0.1) is 0 Å². The van der Waals surface area contributed by atoms with Gasteiger partial charge in [0.2, 0.25) is 0 Å².